The molecule has 0 bridgehead atoms. The van der Waals surface area contributed by atoms with E-state index in [2.05, 4.69) is 10.1 Å². The van der Waals surface area contributed by atoms with Gasteiger partial charge < -0.3 is 5.11 Å². The molecule has 0 aliphatic carbocycles. The van der Waals surface area contributed by atoms with Crippen molar-refractivity contribution in [2.45, 2.75) is 0 Å². The van der Waals surface area contributed by atoms with Gasteiger partial charge in [0.1, 0.15) is 6.33 Å². The van der Waals surface area contributed by atoms with Crippen LogP contribution in [0.4, 0.5) is 8.78 Å². The van der Waals surface area contributed by atoms with Gasteiger partial charge in [0.2, 0.25) is 0 Å². The summed E-state index contributed by atoms with van der Waals surface area (Å²) in [5.74, 6) is -3.55. The third kappa shape index (κ3) is 1.86. The van der Waals surface area contributed by atoms with Crippen LogP contribution in [0.3, 0.4) is 0 Å². The van der Waals surface area contributed by atoms with E-state index in [9.17, 15) is 13.6 Å². The second-order valence-corrected chi connectivity index (χ2v) is 3.32. The molecule has 0 radical (unpaired) electrons. The average Bonchev–Trinajstić information content (AvgIpc) is 2.67. The minimum atomic E-state index is -1.36. The van der Waals surface area contributed by atoms with Crippen molar-refractivity contribution in [3.8, 4) is 11.4 Å². The van der Waals surface area contributed by atoms with Crippen LogP contribution in [0.15, 0.2) is 18.5 Å². The van der Waals surface area contributed by atoms with E-state index in [-0.39, 0.29) is 17.0 Å². The van der Waals surface area contributed by atoms with Crippen LogP contribution in [0.2, 0.25) is 0 Å². The summed E-state index contributed by atoms with van der Waals surface area (Å²) < 4.78 is 27.4. The Bertz CT molecular complexity index is 595. The molecule has 1 aromatic carbocycles. The van der Waals surface area contributed by atoms with E-state index >= 15 is 0 Å². The van der Waals surface area contributed by atoms with E-state index in [0.717, 1.165) is 6.07 Å². The number of hydrogen-bond donors (Lipinski definition) is 1. The number of carboxylic acids is 1. The van der Waals surface area contributed by atoms with Gasteiger partial charge in [-0.3, -0.25) is 0 Å². The monoisotopic (exact) mass is 239 g/mol. The molecule has 0 spiro atoms. The smallest absolute Gasteiger partial charge is 0.336 e. The molecule has 0 aliphatic rings. The maximum Gasteiger partial charge on any atom is 0.336 e. The first-order valence-corrected chi connectivity index (χ1v) is 4.57. The van der Waals surface area contributed by atoms with Crippen molar-refractivity contribution in [3.63, 3.8) is 0 Å². The van der Waals surface area contributed by atoms with Gasteiger partial charge >= 0.3 is 5.97 Å². The molecule has 88 valence electrons. The van der Waals surface area contributed by atoms with Gasteiger partial charge in [-0.05, 0) is 12.1 Å². The summed E-state index contributed by atoms with van der Waals surface area (Å²) >= 11 is 0. The minimum Gasteiger partial charge on any atom is -0.478 e. The number of aromatic nitrogens is 3. The molecule has 0 fully saturated rings. The highest BCUT2D eigenvalue weighted by molar-refractivity contribution is 5.95. The number of carbonyl (C=O) groups is 1. The maximum atomic E-state index is 13.1. The van der Waals surface area contributed by atoms with Crippen molar-refractivity contribution >= 4 is 5.97 Å². The van der Waals surface area contributed by atoms with Gasteiger partial charge in [0.25, 0.3) is 0 Å². The van der Waals surface area contributed by atoms with Crippen molar-refractivity contribution in [1.82, 2.24) is 14.8 Å². The van der Waals surface area contributed by atoms with Crippen LogP contribution in [0.1, 0.15) is 10.4 Å². The predicted molar refractivity (Wildman–Crippen MR) is 53.3 cm³/mol. The molecule has 0 unspecified atom stereocenters. The zero-order valence-corrected chi connectivity index (χ0v) is 8.69. The molecular formula is C10H7F2N3O2. The molecule has 5 nitrogen and oxygen atoms in total. The Morgan fingerprint density at radius 3 is 2.53 bits per heavy atom. The first-order valence-electron chi connectivity index (χ1n) is 4.57. The van der Waals surface area contributed by atoms with Gasteiger partial charge in [-0.1, -0.05) is 0 Å². The summed E-state index contributed by atoms with van der Waals surface area (Å²) in [4.78, 5) is 14.7. The zero-order valence-electron chi connectivity index (χ0n) is 8.69. The van der Waals surface area contributed by atoms with Crippen LogP contribution in [0.5, 0.6) is 0 Å². The van der Waals surface area contributed by atoms with E-state index < -0.39 is 17.6 Å². The quantitative estimate of drug-likeness (QED) is 0.861. The second kappa shape index (κ2) is 3.93. The molecule has 1 aromatic heterocycles. The lowest BCUT2D eigenvalue weighted by atomic mass is 10.1. The molecule has 17 heavy (non-hydrogen) atoms. The Morgan fingerprint density at radius 2 is 2.00 bits per heavy atom. The largest absolute Gasteiger partial charge is 0.478 e. The van der Waals surface area contributed by atoms with Gasteiger partial charge in [0.15, 0.2) is 17.5 Å². The number of aryl methyl sites for hydroxylation is 1. The van der Waals surface area contributed by atoms with Crippen molar-refractivity contribution < 1.29 is 18.7 Å². The van der Waals surface area contributed by atoms with E-state index in [4.69, 9.17) is 5.11 Å². The Balaban J connectivity index is 2.72. The SMILES string of the molecule is Cn1ncnc1-c1cc(F)c(F)cc1C(=O)O. The fraction of sp³-hybridized carbons (Fsp3) is 0.100. The number of nitrogens with zero attached hydrogens (tertiary/aromatic N) is 3. The Kier molecular flexibility index (Phi) is 2.58. The molecule has 1 heterocycles. The molecule has 0 saturated carbocycles. The van der Waals surface area contributed by atoms with E-state index in [1.165, 1.54) is 18.1 Å². The van der Waals surface area contributed by atoms with E-state index in [1.807, 2.05) is 0 Å². The molecule has 0 saturated heterocycles. The van der Waals surface area contributed by atoms with Crippen molar-refractivity contribution in [1.29, 1.82) is 0 Å². The summed E-state index contributed by atoms with van der Waals surface area (Å²) in [6, 6.07) is 1.42. The topological polar surface area (TPSA) is 68.0 Å². The number of carboxylic acid groups (broad SMARTS) is 1. The Morgan fingerprint density at radius 1 is 1.35 bits per heavy atom. The lowest BCUT2D eigenvalue weighted by Gasteiger charge is -2.06. The van der Waals surface area contributed by atoms with Gasteiger partial charge in [-0.15, -0.1) is 0 Å². The standard InChI is InChI=1S/C10H7F2N3O2/c1-15-9(13-4-14-15)5-2-7(11)8(12)3-6(5)10(16)17/h2-4H,1H3,(H,16,17). The van der Waals surface area contributed by atoms with Crippen LogP contribution >= 0.6 is 0 Å². The molecule has 7 heteroatoms. The second-order valence-electron chi connectivity index (χ2n) is 3.32. The first kappa shape index (κ1) is 11.2. The zero-order chi connectivity index (χ0) is 12.6. The lowest BCUT2D eigenvalue weighted by Crippen LogP contribution is -2.05. The van der Waals surface area contributed by atoms with E-state index in [0.29, 0.717) is 6.07 Å². The molecule has 2 rings (SSSR count). The van der Waals surface area contributed by atoms with Crippen LogP contribution in [-0.4, -0.2) is 25.8 Å². The summed E-state index contributed by atoms with van der Waals surface area (Å²) in [5, 5.41) is 12.7. The van der Waals surface area contributed by atoms with Gasteiger partial charge in [0.05, 0.1) is 5.56 Å². The Hall–Kier alpha value is -2.31. The highest BCUT2D eigenvalue weighted by Crippen LogP contribution is 2.24. The third-order valence-corrected chi connectivity index (χ3v) is 2.24. The fourth-order valence-corrected chi connectivity index (χ4v) is 1.45. The average molecular weight is 239 g/mol. The summed E-state index contributed by atoms with van der Waals surface area (Å²) in [6.45, 7) is 0. The van der Waals surface area contributed by atoms with E-state index in [1.54, 1.807) is 0 Å². The van der Waals surface area contributed by atoms with Crippen LogP contribution in [-0.2, 0) is 7.05 Å². The van der Waals surface area contributed by atoms with Crippen molar-refractivity contribution in [2.24, 2.45) is 7.05 Å². The third-order valence-electron chi connectivity index (χ3n) is 2.24. The predicted octanol–water partition coefficient (Wildman–Crippen LogP) is 1.46. The number of halogens is 2. The Labute approximate surface area is 94.3 Å². The highest BCUT2D eigenvalue weighted by atomic mass is 19.2. The van der Waals surface area contributed by atoms with Crippen LogP contribution in [0.25, 0.3) is 11.4 Å². The summed E-state index contributed by atoms with van der Waals surface area (Å²) in [6.07, 6.45) is 1.20. The van der Waals surface area contributed by atoms with Crippen molar-refractivity contribution in [2.75, 3.05) is 0 Å². The first-order chi connectivity index (χ1) is 8.00. The van der Waals surface area contributed by atoms with Gasteiger partial charge in [0, 0.05) is 12.6 Å². The molecule has 0 atom stereocenters. The number of rotatable bonds is 2. The normalized spacial score (nSPS) is 10.5. The fourth-order valence-electron chi connectivity index (χ4n) is 1.45. The van der Waals surface area contributed by atoms with Crippen molar-refractivity contribution in [3.05, 3.63) is 35.7 Å². The number of benzene rings is 1. The van der Waals surface area contributed by atoms with Crippen LogP contribution in [0, 0.1) is 11.6 Å². The molecule has 1 N–H and O–H groups in total. The molecular weight excluding hydrogens is 232 g/mol. The molecule has 0 amide bonds. The summed E-state index contributed by atoms with van der Waals surface area (Å²) in [5.41, 5.74) is -0.378. The number of hydrogen-bond acceptors (Lipinski definition) is 3. The highest BCUT2D eigenvalue weighted by Gasteiger charge is 2.19. The number of aromatic carboxylic acids is 1. The van der Waals surface area contributed by atoms with Gasteiger partial charge in [-0.2, -0.15) is 5.10 Å². The summed E-state index contributed by atoms with van der Waals surface area (Å²) in [7, 11) is 1.52. The lowest BCUT2D eigenvalue weighted by molar-refractivity contribution is 0.0697. The minimum absolute atomic E-state index is 0.0172. The maximum absolute atomic E-state index is 13.1. The van der Waals surface area contributed by atoms with Crippen LogP contribution < -0.4 is 0 Å². The molecule has 2 aromatic rings. The molecule has 0 aliphatic heterocycles. The van der Waals surface area contributed by atoms with Gasteiger partial charge in [-0.25, -0.2) is 23.2 Å².